The van der Waals surface area contributed by atoms with Crippen molar-refractivity contribution in [2.24, 2.45) is 7.05 Å². The Balaban J connectivity index is 1.97. The molecular weight excluding hydrogens is 325 g/mol. The zero-order chi connectivity index (χ0) is 17.5. The number of nitrogens with one attached hydrogen (secondary N) is 2. The molecule has 0 saturated heterocycles. The number of fused-ring (bicyclic) bond motifs is 1. The molecule has 24 heavy (non-hydrogen) atoms. The number of carbonyl (C=O) groups is 1. The first-order chi connectivity index (χ1) is 11.3. The maximum Gasteiger partial charge on any atom is 0.437 e. The molecule has 126 valence electrons. The van der Waals surface area contributed by atoms with Crippen LogP contribution < -0.4 is 10.6 Å². The molecule has 3 heterocycles. The van der Waals surface area contributed by atoms with Crippen molar-refractivity contribution in [1.29, 1.82) is 0 Å². The number of hydrogen-bond donors (Lipinski definition) is 2. The average Bonchev–Trinajstić information content (AvgIpc) is 3.09. The molecule has 0 atom stereocenters. The van der Waals surface area contributed by atoms with Gasteiger partial charge in [0.1, 0.15) is 11.5 Å². The van der Waals surface area contributed by atoms with Gasteiger partial charge in [-0.2, -0.15) is 18.3 Å². The van der Waals surface area contributed by atoms with Gasteiger partial charge < -0.3 is 10.6 Å². The molecule has 0 aromatic carbocycles. The molecular formula is C14H13F3N6O. The van der Waals surface area contributed by atoms with E-state index >= 15 is 0 Å². The Bertz CT molecular complexity index is 911. The van der Waals surface area contributed by atoms with Crippen LogP contribution in [0.15, 0.2) is 30.5 Å². The Kier molecular flexibility index (Phi) is 3.66. The summed E-state index contributed by atoms with van der Waals surface area (Å²) in [6.45, 7) is 0. The van der Waals surface area contributed by atoms with Gasteiger partial charge in [0.2, 0.25) is 0 Å². The van der Waals surface area contributed by atoms with E-state index in [-0.39, 0.29) is 5.69 Å². The second-order valence-electron chi connectivity index (χ2n) is 5.04. The topological polar surface area (TPSA) is 76.2 Å². The maximum atomic E-state index is 13.0. The number of carbonyl (C=O) groups excluding carboxylic acids is 1. The smallest absolute Gasteiger partial charge is 0.372 e. The molecule has 0 fully saturated rings. The van der Waals surface area contributed by atoms with Crippen LogP contribution in [0.1, 0.15) is 16.2 Å². The lowest BCUT2D eigenvalue weighted by atomic mass is 10.3. The van der Waals surface area contributed by atoms with E-state index < -0.39 is 23.5 Å². The number of aromatic nitrogens is 4. The van der Waals surface area contributed by atoms with Crippen molar-refractivity contribution in [1.82, 2.24) is 19.4 Å². The minimum Gasteiger partial charge on any atom is -0.372 e. The Morgan fingerprint density at radius 3 is 2.54 bits per heavy atom. The van der Waals surface area contributed by atoms with Gasteiger partial charge in [-0.05, 0) is 24.3 Å². The van der Waals surface area contributed by atoms with E-state index in [0.29, 0.717) is 11.3 Å². The normalized spacial score (nSPS) is 11.7. The van der Waals surface area contributed by atoms with Crippen LogP contribution in [0.5, 0.6) is 0 Å². The van der Waals surface area contributed by atoms with Gasteiger partial charge in [0.25, 0.3) is 5.91 Å². The largest absolute Gasteiger partial charge is 0.437 e. The first kappa shape index (κ1) is 15.8. The quantitative estimate of drug-likeness (QED) is 0.769. The number of anilines is 2. The summed E-state index contributed by atoms with van der Waals surface area (Å²) in [7, 11) is 3.01. The van der Waals surface area contributed by atoms with Gasteiger partial charge in [-0.15, -0.1) is 5.10 Å². The molecule has 0 radical (unpaired) electrons. The Hall–Kier alpha value is -3.04. The van der Waals surface area contributed by atoms with Gasteiger partial charge in [-0.25, -0.2) is 4.52 Å². The van der Waals surface area contributed by atoms with Crippen molar-refractivity contribution < 1.29 is 18.0 Å². The SMILES string of the molecule is CNc1ccc2ccc(C(=O)Nc3cn(C)nc3C(F)(F)F)n2n1. The number of alkyl halides is 3. The summed E-state index contributed by atoms with van der Waals surface area (Å²) in [5, 5.41) is 12.6. The van der Waals surface area contributed by atoms with E-state index in [2.05, 4.69) is 20.8 Å². The van der Waals surface area contributed by atoms with E-state index in [0.717, 1.165) is 10.9 Å². The van der Waals surface area contributed by atoms with E-state index in [1.807, 2.05) is 0 Å². The van der Waals surface area contributed by atoms with Crippen LogP contribution in [0.4, 0.5) is 24.7 Å². The van der Waals surface area contributed by atoms with Crippen LogP contribution >= 0.6 is 0 Å². The minimum atomic E-state index is -4.66. The van der Waals surface area contributed by atoms with E-state index in [4.69, 9.17) is 0 Å². The molecule has 10 heteroatoms. The number of aryl methyl sites for hydroxylation is 1. The third-order valence-corrected chi connectivity index (χ3v) is 3.34. The summed E-state index contributed by atoms with van der Waals surface area (Å²) in [6.07, 6.45) is -3.56. The second-order valence-corrected chi connectivity index (χ2v) is 5.04. The lowest BCUT2D eigenvalue weighted by Gasteiger charge is -2.08. The lowest BCUT2D eigenvalue weighted by molar-refractivity contribution is -0.140. The van der Waals surface area contributed by atoms with Gasteiger partial charge in [0.15, 0.2) is 5.69 Å². The first-order valence-electron chi connectivity index (χ1n) is 6.88. The molecule has 3 rings (SSSR count). The standard InChI is InChI=1S/C14H13F3N6O/c1-18-11-6-4-8-3-5-10(23(8)20-11)13(24)19-9-7-22(2)21-12(9)14(15,16)17/h3-7H,1-2H3,(H,18,20)(H,19,24). The monoisotopic (exact) mass is 338 g/mol. The Morgan fingerprint density at radius 1 is 1.17 bits per heavy atom. The lowest BCUT2D eigenvalue weighted by Crippen LogP contribution is -2.18. The van der Waals surface area contributed by atoms with Crippen LogP contribution in [-0.2, 0) is 13.2 Å². The molecule has 3 aromatic heterocycles. The fourth-order valence-electron chi connectivity index (χ4n) is 2.27. The number of hydrogen-bond acceptors (Lipinski definition) is 4. The van der Waals surface area contributed by atoms with Crippen LogP contribution in [0.25, 0.3) is 5.52 Å². The third-order valence-electron chi connectivity index (χ3n) is 3.34. The van der Waals surface area contributed by atoms with Crippen molar-refractivity contribution in [2.75, 3.05) is 17.7 Å². The highest BCUT2D eigenvalue weighted by molar-refractivity contribution is 6.04. The van der Waals surface area contributed by atoms with Crippen LogP contribution in [0.3, 0.4) is 0 Å². The molecule has 3 aromatic rings. The second kappa shape index (κ2) is 5.55. The molecule has 0 spiro atoms. The molecule has 0 bridgehead atoms. The number of halogens is 3. The summed E-state index contributed by atoms with van der Waals surface area (Å²) in [5.41, 5.74) is -0.807. The molecule has 0 aliphatic carbocycles. The zero-order valence-electron chi connectivity index (χ0n) is 12.7. The van der Waals surface area contributed by atoms with Crippen molar-refractivity contribution in [3.8, 4) is 0 Å². The van der Waals surface area contributed by atoms with Crippen molar-refractivity contribution in [3.05, 3.63) is 41.9 Å². The highest BCUT2D eigenvalue weighted by Crippen LogP contribution is 2.33. The number of nitrogens with zero attached hydrogens (tertiary/aromatic N) is 4. The Morgan fingerprint density at radius 2 is 1.88 bits per heavy atom. The first-order valence-corrected chi connectivity index (χ1v) is 6.88. The molecule has 0 aliphatic heterocycles. The van der Waals surface area contributed by atoms with Gasteiger partial charge in [-0.3, -0.25) is 9.48 Å². The summed E-state index contributed by atoms with van der Waals surface area (Å²) in [5.74, 6) is -0.195. The number of rotatable bonds is 3. The molecule has 0 saturated carbocycles. The minimum absolute atomic E-state index is 0.110. The molecule has 0 aliphatic rings. The van der Waals surface area contributed by atoms with Crippen molar-refractivity contribution >= 4 is 22.9 Å². The maximum absolute atomic E-state index is 13.0. The van der Waals surface area contributed by atoms with E-state index in [9.17, 15) is 18.0 Å². The van der Waals surface area contributed by atoms with Gasteiger partial charge in [0.05, 0.1) is 11.2 Å². The van der Waals surface area contributed by atoms with Crippen molar-refractivity contribution in [2.45, 2.75) is 6.18 Å². The number of amides is 1. The van der Waals surface area contributed by atoms with Crippen molar-refractivity contribution in [3.63, 3.8) is 0 Å². The fraction of sp³-hybridized carbons (Fsp3) is 0.214. The molecule has 0 unspecified atom stereocenters. The van der Waals surface area contributed by atoms with Gasteiger partial charge in [-0.1, -0.05) is 0 Å². The van der Waals surface area contributed by atoms with Gasteiger partial charge in [0, 0.05) is 20.3 Å². The van der Waals surface area contributed by atoms with Gasteiger partial charge >= 0.3 is 6.18 Å². The zero-order valence-corrected chi connectivity index (χ0v) is 12.7. The summed E-state index contributed by atoms with van der Waals surface area (Å²) in [4.78, 5) is 12.4. The predicted octanol–water partition coefficient (Wildman–Crippen LogP) is 2.38. The fourth-order valence-corrected chi connectivity index (χ4v) is 2.27. The highest BCUT2D eigenvalue weighted by Gasteiger charge is 2.37. The van der Waals surface area contributed by atoms with E-state index in [1.54, 1.807) is 25.2 Å². The average molecular weight is 338 g/mol. The molecule has 1 amide bonds. The summed E-state index contributed by atoms with van der Waals surface area (Å²) >= 11 is 0. The predicted molar refractivity (Wildman–Crippen MR) is 80.9 cm³/mol. The summed E-state index contributed by atoms with van der Waals surface area (Å²) in [6, 6.07) is 6.59. The summed E-state index contributed by atoms with van der Waals surface area (Å²) < 4.78 is 41.2. The molecule has 7 nitrogen and oxygen atoms in total. The third kappa shape index (κ3) is 2.77. The van der Waals surface area contributed by atoms with E-state index in [1.165, 1.54) is 17.6 Å². The van der Waals surface area contributed by atoms with Crippen LogP contribution in [-0.4, -0.2) is 32.3 Å². The van der Waals surface area contributed by atoms with Crippen LogP contribution in [0, 0.1) is 0 Å². The Labute approximate surface area is 134 Å². The van der Waals surface area contributed by atoms with Crippen LogP contribution in [0.2, 0.25) is 0 Å². The molecule has 2 N–H and O–H groups in total. The highest BCUT2D eigenvalue weighted by atomic mass is 19.4.